The molecule has 0 saturated heterocycles. The lowest BCUT2D eigenvalue weighted by Crippen LogP contribution is -2.30. The molecule has 1 amide bonds. The van der Waals surface area contributed by atoms with Gasteiger partial charge in [0.2, 0.25) is 5.91 Å². The van der Waals surface area contributed by atoms with Crippen molar-refractivity contribution < 1.29 is 4.79 Å². The smallest absolute Gasteiger partial charge is 0.240 e. The molecule has 0 saturated carbocycles. The Morgan fingerprint density at radius 2 is 2.17 bits per heavy atom. The number of carbonyl (C=O) groups is 1. The van der Waals surface area contributed by atoms with Crippen LogP contribution in [0.25, 0.3) is 5.69 Å². The highest BCUT2D eigenvalue weighted by molar-refractivity contribution is 7.13. The van der Waals surface area contributed by atoms with Crippen LogP contribution in [0.3, 0.4) is 0 Å². The van der Waals surface area contributed by atoms with Gasteiger partial charge in [-0.2, -0.15) is 0 Å². The van der Waals surface area contributed by atoms with E-state index in [1.807, 2.05) is 48.8 Å². The van der Waals surface area contributed by atoms with E-state index in [1.54, 1.807) is 10.9 Å². The van der Waals surface area contributed by atoms with Crippen molar-refractivity contribution in [2.75, 3.05) is 11.9 Å². The number of carbonyl (C=O) groups excluding carboxylic acids is 1. The van der Waals surface area contributed by atoms with Gasteiger partial charge < -0.3 is 10.6 Å². The highest BCUT2D eigenvalue weighted by atomic mass is 32.1. The molecule has 0 aliphatic heterocycles. The van der Waals surface area contributed by atoms with E-state index < -0.39 is 0 Å². The van der Waals surface area contributed by atoms with Crippen molar-refractivity contribution in [3.63, 3.8) is 0 Å². The van der Waals surface area contributed by atoms with E-state index in [1.165, 1.54) is 11.3 Å². The Balaban J connectivity index is 1.55. The summed E-state index contributed by atoms with van der Waals surface area (Å²) in [5, 5.41) is 16.5. The number of para-hydroxylation sites is 1. The molecule has 23 heavy (non-hydrogen) atoms. The van der Waals surface area contributed by atoms with Gasteiger partial charge in [0.1, 0.15) is 0 Å². The number of rotatable bonds is 6. The molecule has 0 fully saturated rings. The zero-order valence-corrected chi connectivity index (χ0v) is 13.3. The second-order valence-electron chi connectivity index (χ2n) is 4.91. The summed E-state index contributed by atoms with van der Waals surface area (Å²) in [6.07, 6.45) is 3.50. The lowest BCUT2D eigenvalue weighted by Gasteiger charge is -2.10. The third-order valence-corrected chi connectivity index (χ3v) is 3.91. The second kappa shape index (κ2) is 7.12. The van der Waals surface area contributed by atoms with Gasteiger partial charge in [-0.1, -0.05) is 23.4 Å². The van der Waals surface area contributed by atoms with Crippen molar-refractivity contribution in [3.8, 4) is 5.69 Å². The zero-order valence-electron chi connectivity index (χ0n) is 12.5. The van der Waals surface area contributed by atoms with E-state index in [0.29, 0.717) is 5.13 Å². The highest BCUT2D eigenvalue weighted by Crippen LogP contribution is 2.12. The summed E-state index contributed by atoms with van der Waals surface area (Å²) in [6.45, 7) is 2.12. The van der Waals surface area contributed by atoms with Gasteiger partial charge in [0, 0.05) is 11.6 Å². The van der Waals surface area contributed by atoms with Gasteiger partial charge >= 0.3 is 0 Å². The molecule has 118 valence electrons. The van der Waals surface area contributed by atoms with Crippen molar-refractivity contribution in [3.05, 3.63) is 53.8 Å². The third-order valence-electron chi connectivity index (χ3n) is 3.22. The molecule has 0 spiro atoms. The number of nitrogens with one attached hydrogen (secondary N) is 2. The quantitative estimate of drug-likeness (QED) is 0.723. The maximum Gasteiger partial charge on any atom is 0.240 e. The lowest BCUT2D eigenvalue weighted by atomic mass is 10.2. The van der Waals surface area contributed by atoms with Gasteiger partial charge in [0.05, 0.1) is 30.2 Å². The van der Waals surface area contributed by atoms with Gasteiger partial charge in [-0.15, -0.1) is 16.4 Å². The standard InChI is InChI=1S/C15H16N6OS/c1-11(17-9-14(22)18-15-16-7-8-23-15)13-10-21(20-19-13)12-5-3-2-4-6-12/h2-8,10-11,17H,9H2,1H3,(H,16,18,22)/t11-/m1/s1. The third kappa shape index (κ3) is 3.99. The van der Waals surface area contributed by atoms with E-state index in [2.05, 4.69) is 25.9 Å². The number of nitrogens with zero attached hydrogens (tertiary/aromatic N) is 4. The van der Waals surface area contributed by atoms with Crippen LogP contribution in [0, 0.1) is 0 Å². The number of anilines is 1. The fourth-order valence-corrected chi connectivity index (χ4v) is 2.53. The fraction of sp³-hybridized carbons (Fsp3) is 0.200. The topological polar surface area (TPSA) is 84.7 Å². The molecule has 3 aromatic rings. The molecule has 2 aromatic heterocycles. The molecule has 7 nitrogen and oxygen atoms in total. The summed E-state index contributed by atoms with van der Waals surface area (Å²) in [5.74, 6) is -0.137. The van der Waals surface area contributed by atoms with Gasteiger partial charge in [0.15, 0.2) is 5.13 Å². The number of hydrogen-bond donors (Lipinski definition) is 2. The largest absolute Gasteiger partial charge is 0.301 e. The molecule has 1 atom stereocenters. The average Bonchev–Trinajstić information content (AvgIpc) is 3.25. The molecule has 1 aromatic carbocycles. The van der Waals surface area contributed by atoms with E-state index in [4.69, 9.17) is 0 Å². The van der Waals surface area contributed by atoms with E-state index in [9.17, 15) is 4.79 Å². The molecule has 2 N–H and O–H groups in total. The van der Waals surface area contributed by atoms with E-state index in [0.717, 1.165) is 11.4 Å². The fourth-order valence-electron chi connectivity index (χ4n) is 1.98. The first-order chi connectivity index (χ1) is 11.2. The minimum absolute atomic E-state index is 0.0884. The first kappa shape index (κ1) is 15.3. The van der Waals surface area contributed by atoms with Crippen LogP contribution in [-0.4, -0.2) is 32.4 Å². The van der Waals surface area contributed by atoms with E-state index >= 15 is 0 Å². The molecule has 8 heteroatoms. The summed E-state index contributed by atoms with van der Waals surface area (Å²) < 4.78 is 1.71. The van der Waals surface area contributed by atoms with Crippen LogP contribution in [0.1, 0.15) is 18.7 Å². The van der Waals surface area contributed by atoms with Crippen LogP contribution in [0.15, 0.2) is 48.1 Å². The molecular weight excluding hydrogens is 312 g/mol. The number of amides is 1. The van der Waals surface area contributed by atoms with Gasteiger partial charge in [-0.05, 0) is 19.1 Å². The van der Waals surface area contributed by atoms with Crippen molar-refractivity contribution in [1.29, 1.82) is 0 Å². The summed E-state index contributed by atoms with van der Waals surface area (Å²) in [7, 11) is 0. The Morgan fingerprint density at radius 3 is 2.91 bits per heavy atom. The summed E-state index contributed by atoms with van der Waals surface area (Å²) >= 11 is 1.39. The van der Waals surface area contributed by atoms with Gasteiger partial charge in [-0.25, -0.2) is 9.67 Å². The van der Waals surface area contributed by atoms with Crippen LogP contribution in [0.5, 0.6) is 0 Å². The minimum atomic E-state index is -0.137. The molecule has 0 radical (unpaired) electrons. The molecule has 0 unspecified atom stereocenters. The summed E-state index contributed by atoms with van der Waals surface area (Å²) in [6, 6.07) is 9.67. The normalized spacial score (nSPS) is 12.0. The number of hydrogen-bond acceptors (Lipinski definition) is 6. The zero-order chi connectivity index (χ0) is 16.1. The Labute approximate surface area is 137 Å². The summed E-state index contributed by atoms with van der Waals surface area (Å²) in [4.78, 5) is 15.8. The van der Waals surface area contributed by atoms with Crippen molar-refractivity contribution in [2.24, 2.45) is 0 Å². The predicted octanol–water partition coefficient (Wildman–Crippen LogP) is 2.01. The number of benzene rings is 1. The Bertz CT molecular complexity index is 755. The maximum absolute atomic E-state index is 11.8. The van der Waals surface area contributed by atoms with Crippen molar-refractivity contribution in [1.82, 2.24) is 25.3 Å². The Kier molecular flexibility index (Phi) is 4.74. The van der Waals surface area contributed by atoms with Crippen LogP contribution < -0.4 is 10.6 Å². The highest BCUT2D eigenvalue weighted by Gasteiger charge is 2.12. The van der Waals surface area contributed by atoms with Crippen LogP contribution in [0.4, 0.5) is 5.13 Å². The maximum atomic E-state index is 11.8. The second-order valence-corrected chi connectivity index (χ2v) is 5.81. The first-order valence-electron chi connectivity index (χ1n) is 7.13. The summed E-state index contributed by atoms with van der Waals surface area (Å²) in [5.41, 5.74) is 1.72. The lowest BCUT2D eigenvalue weighted by molar-refractivity contribution is -0.115. The number of aromatic nitrogens is 4. The Morgan fingerprint density at radius 1 is 1.35 bits per heavy atom. The minimum Gasteiger partial charge on any atom is -0.301 e. The number of thiazole rings is 1. The van der Waals surface area contributed by atoms with E-state index in [-0.39, 0.29) is 18.5 Å². The van der Waals surface area contributed by atoms with Gasteiger partial charge in [0.25, 0.3) is 0 Å². The molecule has 0 aliphatic rings. The SMILES string of the molecule is C[C@@H](NCC(=O)Nc1nccs1)c1cn(-c2ccccc2)nn1. The molecular formula is C15H16N6OS. The Hall–Kier alpha value is -2.58. The van der Waals surface area contributed by atoms with Crippen LogP contribution >= 0.6 is 11.3 Å². The van der Waals surface area contributed by atoms with Crippen molar-refractivity contribution >= 4 is 22.4 Å². The predicted molar refractivity (Wildman–Crippen MR) is 88.5 cm³/mol. The van der Waals surface area contributed by atoms with Gasteiger partial charge in [-0.3, -0.25) is 4.79 Å². The molecule has 2 heterocycles. The molecule has 0 aliphatic carbocycles. The monoisotopic (exact) mass is 328 g/mol. The molecule has 3 rings (SSSR count). The van der Waals surface area contributed by atoms with Crippen LogP contribution in [-0.2, 0) is 4.79 Å². The molecule has 0 bridgehead atoms. The van der Waals surface area contributed by atoms with Crippen LogP contribution in [0.2, 0.25) is 0 Å². The van der Waals surface area contributed by atoms with Crippen molar-refractivity contribution in [2.45, 2.75) is 13.0 Å². The first-order valence-corrected chi connectivity index (χ1v) is 8.01. The average molecular weight is 328 g/mol.